The van der Waals surface area contributed by atoms with Crippen molar-refractivity contribution in [1.82, 2.24) is 0 Å². The molecule has 0 atom stereocenters. The minimum absolute atomic E-state index is 0.0459. The molecule has 0 aliphatic rings. The monoisotopic (exact) mass is 167 g/mol. The first-order valence-electron chi connectivity index (χ1n) is 3.31. The zero-order valence-electron chi connectivity index (χ0n) is 6.57. The van der Waals surface area contributed by atoms with Crippen LogP contribution in [0.15, 0.2) is 18.2 Å². The third-order valence-electron chi connectivity index (χ3n) is 1.36. The van der Waals surface area contributed by atoms with Gasteiger partial charge < -0.3 is 15.6 Å². The predicted octanol–water partition coefficient (Wildman–Crippen LogP) is 0.761. The molecule has 4 nitrogen and oxygen atoms in total. The lowest BCUT2D eigenvalue weighted by molar-refractivity contribution is 0.0600. The third kappa shape index (κ3) is 1.66. The number of ether oxygens (including phenoxy) is 1. The number of hydrogen-bond donors (Lipinski definition) is 2. The van der Waals surface area contributed by atoms with Crippen molar-refractivity contribution < 1.29 is 14.6 Å². The van der Waals surface area contributed by atoms with Crippen molar-refractivity contribution >= 4 is 11.7 Å². The van der Waals surface area contributed by atoms with Gasteiger partial charge in [-0.15, -0.1) is 0 Å². The Morgan fingerprint density at radius 1 is 1.50 bits per heavy atom. The molecule has 0 fully saturated rings. The molecule has 0 bridgehead atoms. The fourth-order valence-electron chi connectivity index (χ4n) is 0.870. The van der Waals surface area contributed by atoms with Gasteiger partial charge in [0.2, 0.25) is 0 Å². The number of carbonyl (C=O) groups is 1. The molecule has 0 amide bonds. The second-order valence-electron chi connectivity index (χ2n) is 2.30. The maximum absolute atomic E-state index is 10.9. The molecule has 12 heavy (non-hydrogen) atoms. The van der Waals surface area contributed by atoms with Crippen LogP contribution in [0.2, 0.25) is 0 Å². The Morgan fingerprint density at radius 3 is 2.67 bits per heavy atom. The van der Waals surface area contributed by atoms with Crippen LogP contribution in [0.5, 0.6) is 5.75 Å². The van der Waals surface area contributed by atoms with Gasteiger partial charge in [-0.05, 0) is 12.1 Å². The van der Waals surface area contributed by atoms with E-state index in [1.54, 1.807) is 0 Å². The fraction of sp³-hybridized carbons (Fsp3) is 0.125. The van der Waals surface area contributed by atoms with Crippen LogP contribution in [0, 0.1) is 0 Å². The molecular weight excluding hydrogens is 158 g/mol. The first-order valence-corrected chi connectivity index (χ1v) is 3.31. The van der Waals surface area contributed by atoms with E-state index in [1.807, 2.05) is 0 Å². The maximum Gasteiger partial charge on any atom is 0.338 e. The molecule has 0 saturated heterocycles. The number of esters is 1. The van der Waals surface area contributed by atoms with Gasteiger partial charge in [0.15, 0.2) is 0 Å². The Bertz CT molecular complexity index is 289. The summed E-state index contributed by atoms with van der Waals surface area (Å²) in [6.07, 6.45) is 0. The quantitative estimate of drug-likeness (QED) is 0.478. The van der Waals surface area contributed by atoms with Gasteiger partial charge in [-0.2, -0.15) is 0 Å². The SMILES string of the molecule is COC(=O)c1cc(N)cc(O)c1. The van der Waals surface area contributed by atoms with Gasteiger partial charge in [-0.1, -0.05) is 0 Å². The van der Waals surface area contributed by atoms with Crippen LogP contribution in [-0.2, 0) is 4.74 Å². The summed E-state index contributed by atoms with van der Waals surface area (Å²) in [5.41, 5.74) is 5.96. The molecule has 0 aliphatic heterocycles. The molecule has 0 saturated carbocycles. The highest BCUT2D eigenvalue weighted by atomic mass is 16.5. The van der Waals surface area contributed by atoms with E-state index in [0.29, 0.717) is 5.69 Å². The summed E-state index contributed by atoms with van der Waals surface area (Å²) in [6, 6.07) is 4.08. The summed E-state index contributed by atoms with van der Waals surface area (Å²) >= 11 is 0. The smallest absolute Gasteiger partial charge is 0.338 e. The number of methoxy groups -OCH3 is 1. The zero-order chi connectivity index (χ0) is 9.14. The van der Waals surface area contributed by atoms with Crippen molar-refractivity contribution in [1.29, 1.82) is 0 Å². The van der Waals surface area contributed by atoms with Gasteiger partial charge in [0.1, 0.15) is 5.75 Å². The highest BCUT2D eigenvalue weighted by Crippen LogP contribution is 2.17. The number of benzene rings is 1. The predicted molar refractivity (Wildman–Crippen MR) is 43.9 cm³/mol. The Hall–Kier alpha value is -1.71. The largest absolute Gasteiger partial charge is 0.508 e. The molecule has 4 heteroatoms. The minimum Gasteiger partial charge on any atom is -0.508 e. The Balaban J connectivity index is 3.08. The maximum atomic E-state index is 10.9. The van der Waals surface area contributed by atoms with Gasteiger partial charge in [-0.3, -0.25) is 0 Å². The Kier molecular flexibility index (Phi) is 2.19. The number of hydrogen-bond acceptors (Lipinski definition) is 4. The lowest BCUT2D eigenvalue weighted by Gasteiger charge is -2.01. The van der Waals surface area contributed by atoms with Gasteiger partial charge in [-0.25, -0.2) is 4.79 Å². The number of anilines is 1. The number of carbonyl (C=O) groups excluding carboxylic acids is 1. The average Bonchev–Trinajstić information content (AvgIpc) is 2.01. The molecule has 1 aromatic carbocycles. The third-order valence-corrected chi connectivity index (χ3v) is 1.36. The van der Waals surface area contributed by atoms with Crippen LogP contribution in [0.3, 0.4) is 0 Å². The van der Waals surface area contributed by atoms with Crippen LogP contribution in [0.25, 0.3) is 0 Å². The number of phenols is 1. The standard InChI is InChI=1S/C8H9NO3/c1-12-8(11)5-2-6(9)4-7(10)3-5/h2-4,10H,9H2,1H3. The number of nitrogen functional groups attached to an aromatic ring is 1. The average molecular weight is 167 g/mol. The van der Waals surface area contributed by atoms with E-state index in [2.05, 4.69) is 4.74 Å². The van der Waals surface area contributed by atoms with E-state index in [9.17, 15) is 4.79 Å². The van der Waals surface area contributed by atoms with E-state index in [1.165, 1.54) is 25.3 Å². The molecule has 0 heterocycles. The fourth-order valence-corrected chi connectivity index (χ4v) is 0.870. The first kappa shape index (κ1) is 8.39. The molecule has 1 rings (SSSR count). The molecule has 3 N–H and O–H groups in total. The zero-order valence-corrected chi connectivity index (χ0v) is 6.57. The summed E-state index contributed by atoms with van der Waals surface area (Å²) < 4.78 is 4.44. The molecule has 1 aromatic rings. The molecule has 0 aliphatic carbocycles. The normalized spacial score (nSPS) is 9.42. The van der Waals surface area contributed by atoms with Gasteiger partial charge in [0, 0.05) is 11.8 Å². The van der Waals surface area contributed by atoms with E-state index >= 15 is 0 Å². The number of rotatable bonds is 1. The van der Waals surface area contributed by atoms with Crippen molar-refractivity contribution in [3.05, 3.63) is 23.8 Å². The van der Waals surface area contributed by atoms with E-state index < -0.39 is 5.97 Å². The van der Waals surface area contributed by atoms with Crippen LogP contribution >= 0.6 is 0 Å². The second kappa shape index (κ2) is 3.13. The summed E-state index contributed by atoms with van der Waals surface area (Å²) in [7, 11) is 1.27. The molecule has 0 spiro atoms. The van der Waals surface area contributed by atoms with Gasteiger partial charge in [0.05, 0.1) is 12.7 Å². The molecule has 0 unspecified atom stereocenters. The van der Waals surface area contributed by atoms with Crippen LogP contribution in [0.1, 0.15) is 10.4 Å². The molecule has 64 valence electrons. The lowest BCUT2D eigenvalue weighted by Crippen LogP contribution is -2.01. The van der Waals surface area contributed by atoms with Crippen molar-refractivity contribution in [3.63, 3.8) is 0 Å². The van der Waals surface area contributed by atoms with E-state index in [4.69, 9.17) is 10.8 Å². The summed E-state index contributed by atoms with van der Waals surface area (Å²) in [5, 5.41) is 9.05. The van der Waals surface area contributed by atoms with Gasteiger partial charge >= 0.3 is 5.97 Å². The summed E-state index contributed by atoms with van der Waals surface area (Å²) in [6.45, 7) is 0. The number of phenolic OH excluding ortho intramolecular Hbond substituents is 1. The highest BCUT2D eigenvalue weighted by Gasteiger charge is 2.06. The molecular formula is C8H9NO3. The Labute approximate surface area is 69.6 Å². The van der Waals surface area contributed by atoms with Crippen LogP contribution in [-0.4, -0.2) is 18.2 Å². The first-order chi connectivity index (χ1) is 5.63. The van der Waals surface area contributed by atoms with E-state index in [0.717, 1.165) is 0 Å². The Morgan fingerprint density at radius 2 is 2.17 bits per heavy atom. The molecule has 0 radical (unpaired) electrons. The van der Waals surface area contributed by atoms with Crippen LogP contribution in [0.4, 0.5) is 5.69 Å². The van der Waals surface area contributed by atoms with Crippen molar-refractivity contribution in [2.45, 2.75) is 0 Å². The summed E-state index contributed by atoms with van der Waals surface area (Å²) in [4.78, 5) is 10.9. The van der Waals surface area contributed by atoms with E-state index in [-0.39, 0.29) is 11.3 Å². The topological polar surface area (TPSA) is 72.5 Å². The number of nitrogens with two attached hydrogens (primary N) is 1. The molecule has 0 aromatic heterocycles. The highest BCUT2D eigenvalue weighted by molar-refractivity contribution is 5.90. The lowest BCUT2D eigenvalue weighted by atomic mass is 10.2. The van der Waals surface area contributed by atoms with Crippen molar-refractivity contribution in [2.75, 3.05) is 12.8 Å². The minimum atomic E-state index is -0.516. The summed E-state index contributed by atoms with van der Waals surface area (Å²) in [5.74, 6) is -0.562. The van der Waals surface area contributed by atoms with Crippen molar-refractivity contribution in [3.8, 4) is 5.75 Å². The second-order valence-corrected chi connectivity index (χ2v) is 2.30. The van der Waals surface area contributed by atoms with Gasteiger partial charge in [0.25, 0.3) is 0 Å². The van der Waals surface area contributed by atoms with Crippen LogP contribution < -0.4 is 5.73 Å². The number of aromatic hydroxyl groups is 1. The van der Waals surface area contributed by atoms with Crippen molar-refractivity contribution in [2.24, 2.45) is 0 Å².